The van der Waals surface area contributed by atoms with E-state index in [1.54, 1.807) is 18.2 Å². The van der Waals surface area contributed by atoms with Crippen LogP contribution in [-0.4, -0.2) is 17.5 Å². The Hall–Kier alpha value is -2.68. The van der Waals surface area contributed by atoms with Crippen LogP contribution in [0, 0.1) is 19.3 Å². The van der Waals surface area contributed by atoms with Crippen LogP contribution >= 0.6 is 0 Å². The summed E-state index contributed by atoms with van der Waals surface area (Å²) in [5.41, 5.74) is 1.74. The summed E-state index contributed by atoms with van der Waals surface area (Å²) >= 11 is 0. The van der Waals surface area contributed by atoms with E-state index in [1.165, 1.54) is 6.92 Å². The molecule has 1 aliphatic heterocycles. The molecule has 0 aromatic heterocycles. The molecule has 0 radical (unpaired) electrons. The van der Waals surface area contributed by atoms with Gasteiger partial charge in [0.05, 0.1) is 0 Å². The van der Waals surface area contributed by atoms with Crippen LogP contribution in [0.1, 0.15) is 38.2 Å². The predicted molar refractivity (Wildman–Crippen MR) is 89.0 cm³/mol. The molecule has 6 nitrogen and oxygen atoms in total. The van der Waals surface area contributed by atoms with Crippen molar-refractivity contribution in [3.8, 4) is 12.3 Å². The Balaban J connectivity index is 1.91. The number of anilines is 2. The van der Waals surface area contributed by atoms with Gasteiger partial charge in [-0.2, -0.15) is 10.2 Å². The van der Waals surface area contributed by atoms with Gasteiger partial charge in [0.15, 0.2) is 5.66 Å². The third-order valence-electron chi connectivity index (χ3n) is 3.72. The first-order valence-corrected chi connectivity index (χ1v) is 7.50. The highest BCUT2D eigenvalue weighted by Gasteiger charge is 2.39. The second-order valence-electron chi connectivity index (χ2n) is 5.59. The number of carbonyl (C=O) groups excluding carboxylic acids is 2. The van der Waals surface area contributed by atoms with Crippen molar-refractivity contribution in [2.24, 2.45) is 10.2 Å². The number of hydrogen-bond donors (Lipinski definition) is 2. The summed E-state index contributed by atoms with van der Waals surface area (Å²) in [5, 5.41) is 13.6. The monoisotopic (exact) mass is 312 g/mol. The Bertz CT molecular complexity index is 682. The van der Waals surface area contributed by atoms with E-state index in [1.807, 2.05) is 6.92 Å². The fourth-order valence-electron chi connectivity index (χ4n) is 2.29. The second kappa shape index (κ2) is 7.05. The van der Waals surface area contributed by atoms with Gasteiger partial charge in [-0.25, -0.2) is 0 Å². The Morgan fingerprint density at radius 3 is 2.43 bits per heavy atom. The Morgan fingerprint density at radius 1 is 1.22 bits per heavy atom. The van der Waals surface area contributed by atoms with E-state index >= 15 is 0 Å². The van der Waals surface area contributed by atoms with Crippen molar-refractivity contribution < 1.29 is 9.59 Å². The molecule has 1 heterocycles. The molecule has 23 heavy (non-hydrogen) atoms. The predicted octanol–water partition coefficient (Wildman–Crippen LogP) is 3.25. The summed E-state index contributed by atoms with van der Waals surface area (Å²) in [5.74, 6) is 2.31. The van der Waals surface area contributed by atoms with Crippen LogP contribution in [0.15, 0.2) is 28.4 Å². The van der Waals surface area contributed by atoms with Crippen LogP contribution in [0.25, 0.3) is 0 Å². The van der Waals surface area contributed by atoms with E-state index < -0.39 is 5.66 Å². The van der Waals surface area contributed by atoms with E-state index in [-0.39, 0.29) is 11.8 Å². The topological polar surface area (TPSA) is 82.9 Å². The number of amides is 2. The number of nitrogens with one attached hydrogen (secondary N) is 2. The molecule has 6 heteroatoms. The summed E-state index contributed by atoms with van der Waals surface area (Å²) in [6, 6.07) is 5.38. The van der Waals surface area contributed by atoms with Crippen LogP contribution in [-0.2, 0) is 9.59 Å². The van der Waals surface area contributed by atoms with Gasteiger partial charge in [-0.1, -0.05) is 6.07 Å². The normalized spacial score (nSPS) is 14.0. The highest BCUT2D eigenvalue weighted by Crippen LogP contribution is 2.37. The van der Waals surface area contributed by atoms with Crippen molar-refractivity contribution in [2.75, 3.05) is 10.6 Å². The van der Waals surface area contributed by atoms with Crippen molar-refractivity contribution in [3.05, 3.63) is 23.8 Å². The maximum atomic E-state index is 12.1. The first-order valence-electron chi connectivity index (χ1n) is 7.50. The van der Waals surface area contributed by atoms with Crippen LogP contribution in [0.3, 0.4) is 0 Å². The Morgan fingerprint density at radius 2 is 1.87 bits per heavy atom. The largest absolute Gasteiger partial charge is 0.326 e. The van der Waals surface area contributed by atoms with Crippen LogP contribution < -0.4 is 10.6 Å². The average Bonchev–Trinajstić information content (AvgIpc) is 3.27. The van der Waals surface area contributed by atoms with Gasteiger partial charge in [-0.05, 0) is 24.6 Å². The van der Waals surface area contributed by atoms with Gasteiger partial charge < -0.3 is 10.6 Å². The zero-order valence-corrected chi connectivity index (χ0v) is 13.3. The lowest BCUT2D eigenvalue weighted by molar-refractivity contribution is -0.116. The summed E-state index contributed by atoms with van der Waals surface area (Å²) < 4.78 is 0. The number of carbonyl (C=O) groups is 2. The molecule has 0 spiro atoms. The summed E-state index contributed by atoms with van der Waals surface area (Å²) in [6.07, 6.45) is 7.42. The lowest BCUT2D eigenvalue weighted by Crippen LogP contribution is -2.18. The molecule has 1 aromatic carbocycles. The molecule has 2 rings (SSSR count). The molecule has 1 aromatic rings. The van der Waals surface area contributed by atoms with E-state index in [0.29, 0.717) is 37.1 Å². The fourth-order valence-corrected chi connectivity index (χ4v) is 2.29. The highest BCUT2D eigenvalue weighted by molar-refractivity contribution is 5.95. The van der Waals surface area contributed by atoms with Crippen molar-refractivity contribution >= 4 is 23.2 Å². The number of hydrogen-bond acceptors (Lipinski definition) is 4. The minimum Gasteiger partial charge on any atom is -0.326 e. The van der Waals surface area contributed by atoms with Gasteiger partial charge in [0, 0.05) is 44.0 Å². The fraction of sp³-hybridized carbons (Fsp3) is 0.412. The van der Waals surface area contributed by atoms with E-state index in [9.17, 15) is 9.59 Å². The molecule has 0 unspecified atom stereocenters. The second-order valence-corrected chi connectivity index (χ2v) is 5.59. The zero-order chi connectivity index (χ0) is 16.9. The summed E-state index contributed by atoms with van der Waals surface area (Å²) in [4.78, 5) is 23.3. The van der Waals surface area contributed by atoms with Crippen molar-refractivity contribution in [2.45, 2.75) is 45.2 Å². The quantitative estimate of drug-likeness (QED) is 0.758. The van der Waals surface area contributed by atoms with Gasteiger partial charge in [0.1, 0.15) is 0 Å². The molecule has 2 N–H and O–H groups in total. The van der Waals surface area contributed by atoms with E-state index in [4.69, 9.17) is 6.42 Å². The third-order valence-corrected chi connectivity index (χ3v) is 3.72. The van der Waals surface area contributed by atoms with Gasteiger partial charge in [0.2, 0.25) is 11.8 Å². The molecule has 0 saturated heterocycles. The summed E-state index contributed by atoms with van der Waals surface area (Å²) in [6.45, 7) is 3.30. The van der Waals surface area contributed by atoms with Crippen molar-refractivity contribution in [1.82, 2.24) is 0 Å². The molecular formula is C17H20N4O2. The van der Waals surface area contributed by atoms with E-state index in [2.05, 4.69) is 26.8 Å². The minimum atomic E-state index is -0.448. The first kappa shape index (κ1) is 16.7. The van der Waals surface area contributed by atoms with Crippen LogP contribution in [0.2, 0.25) is 0 Å². The minimum absolute atomic E-state index is 0.106. The molecule has 120 valence electrons. The molecule has 0 fully saturated rings. The highest BCUT2D eigenvalue weighted by atomic mass is 16.2. The van der Waals surface area contributed by atoms with Gasteiger partial charge in [-0.3, -0.25) is 9.59 Å². The standard InChI is InChI=1S/C17H20N4O2/c1-4-5-10-17(20-21-17)11-9-16(23)19-15-8-6-7-14(12(15)2)18-13(3)22/h1,6-8H,5,9-11H2,2-3H3,(H,18,22)(H,19,23). The number of benzene rings is 1. The van der Waals surface area contributed by atoms with Gasteiger partial charge in [0.25, 0.3) is 0 Å². The zero-order valence-electron chi connectivity index (χ0n) is 13.3. The lowest BCUT2D eigenvalue weighted by atomic mass is 10.0. The summed E-state index contributed by atoms with van der Waals surface area (Å²) in [7, 11) is 0. The Labute approximate surface area is 135 Å². The lowest BCUT2D eigenvalue weighted by Gasteiger charge is -2.13. The molecule has 2 amide bonds. The average molecular weight is 312 g/mol. The third kappa shape index (κ3) is 4.65. The molecule has 1 aliphatic rings. The number of rotatable bonds is 7. The molecule has 0 saturated carbocycles. The SMILES string of the molecule is C#CCCC1(CCC(=O)Nc2cccc(NC(C)=O)c2C)N=N1. The molecule has 0 bridgehead atoms. The first-order chi connectivity index (χ1) is 11.0. The van der Waals surface area contributed by atoms with E-state index in [0.717, 1.165) is 5.56 Å². The van der Waals surface area contributed by atoms with Crippen molar-refractivity contribution in [3.63, 3.8) is 0 Å². The van der Waals surface area contributed by atoms with Crippen LogP contribution in [0.5, 0.6) is 0 Å². The Kier molecular flexibility index (Phi) is 5.12. The molecule has 0 aliphatic carbocycles. The maximum Gasteiger partial charge on any atom is 0.224 e. The van der Waals surface area contributed by atoms with Crippen molar-refractivity contribution in [1.29, 1.82) is 0 Å². The smallest absolute Gasteiger partial charge is 0.224 e. The van der Waals surface area contributed by atoms with Crippen LogP contribution in [0.4, 0.5) is 11.4 Å². The molecular weight excluding hydrogens is 292 g/mol. The van der Waals surface area contributed by atoms with Gasteiger partial charge >= 0.3 is 0 Å². The molecule has 0 atom stereocenters. The maximum absolute atomic E-state index is 12.1. The van der Waals surface area contributed by atoms with Gasteiger partial charge in [-0.15, -0.1) is 12.3 Å². The number of nitrogens with zero attached hydrogens (tertiary/aromatic N) is 2. The number of terminal acetylenes is 1.